The first-order valence-electron chi connectivity index (χ1n) is 10.1. The zero-order valence-electron chi connectivity index (χ0n) is 16.6. The number of hydrogen-bond acceptors (Lipinski definition) is 4. The molecule has 0 bridgehead atoms. The number of carbonyl (C=O) groups excluding carboxylic acids is 1. The molecule has 0 saturated carbocycles. The van der Waals surface area contributed by atoms with Crippen LogP contribution in [0.5, 0.6) is 0 Å². The highest BCUT2D eigenvalue weighted by molar-refractivity contribution is 7.98. The SMILES string of the molecule is CCCN1CC(CSC)C[C@@H]2c3cccc4[nH]c(COC(C)=O)c(c34)C[C@H]21. The number of rotatable bonds is 6. The Bertz CT molecular complexity index is 831. The van der Waals surface area contributed by atoms with Crippen molar-refractivity contribution >= 4 is 28.6 Å². The average Bonchev–Trinajstić information content (AvgIpc) is 3.00. The van der Waals surface area contributed by atoms with Gasteiger partial charge in [-0.3, -0.25) is 9.69 Å². The topological polar surface area (TPSA) is 45.3 Å². The van der Waals surface area contributed by atoms with E-state index in [0.717, 1.165) is 18.0 Å². The van der Waals surface area contributed by atoms with Crippen LogP contribution in [0.1, 0.15) is 49.4 Å². The first-order chi connectivity index (χ1) is 13.1. The van der Waals surface area contributed by atoms with E-state index in [9.17, 15) is 4.79 Å². The van der Waals surface area contributed by atoms with Crippen LogP contribution in [-0.2, 0) is 22.6 Å². The van der Waals surface area contributed by atoms with Gasteiger partial charge < -0.3 is 9.72 Å². The van der Waals surface area contributed by atoms with Gasteiger partial charge in [0.05, 0.1) is 5.69 Å². The van der Waals surface area contributed by atoms with E-state index >= 15 is 0 Å². The molecule has 146 valence electrons. The molecule has 2 aromatic rings. The fourth-order valence-electron chi connectivity index (χ4n) is 5.26. The van der Waals surface area contributed by atoms with Gasteiger partial charge in [0.15, 0.2) is 0 Å². The first kappa shape index (κ1) is 18.9. The normalized spacial score (nSPS) is 24.8. The van der Waals surface area contributed by atoms with Crippen molar-refractivity contribution in [3.05, 3.63) is 35.0 Å². The molecule has 1 N–H and O–H groups in total. The largest absolute Gasteiger partial charge is 0.459 e. The Kier molecular flexibility index (Phi) is 5.51. The smallest absolute Gasteiger partial charge is 0.303 e. The van der Waals surface area contributed by atoms with Crippen molar-refractivity contribution in [3.63, 3.8) is 0 Å². The van der Waals surface area contributed by atoms with Crippen LogP contribution in [0.2, 0.25) is 0 Å². The van der Waals surface area contributed by atoms with Gasteiger partial charge in [-0.15, -0.1) is 0 Å². The van der Waals surface area contributed by atoms with Gasteiger partial charge in [-0.05, 0) is 60.9 Å². The second-order valence-corrected chi connectivity index (χ2v) is 8.97. The monoisotopic (exact) mass is 386 g/mol. The second-order valence-electron chi connectivity index (χ2n) is 8.06. The van der Waals surface area contributed by atoms with Crippen LogP contribution in [0, 0.1) is 5.92 Å². The van der Waals surface area contributed by atoms with Crippen LogP contribution >= 0.6 is 11.8 Å². The molecule has 27 heavy (non-hydrogen) atoms. The van der Waals surface area contributed by atoms with Crippen LogP contribution in [-0.4, -0.2) is 47.0 Å². The van der Waals surface area contributed by atoms with Gasteiger partial charge in [0.1, 0.15) is 6.61 Å². The molecule has 1 aliphatic carbocycles. The minimum atomic E-state index is -0.222. The fraction of sp³-hybridized carbons (Fsp3) is 0.591. The summed E-state index contributed by atoms with van der Waals surface area (Å²) in [7, 11) is 0. The molecule has 0 amide bonds. The van der Waals surface area contributed by atoms with E-state index in [-0.39, 0.29) is 5.97 Å². The number of H-pyrrole nitrogens is 1. The number of nitrogens with zero attached hydrogens (tertiary/aromatic N) is 1. The third-order valence-corrected chi connectivity index (χ3v) is 7.01. The van der Waals surface area contributed by atoms with Gasteiger partial charge in [-0.2, -0.15) is 11.8 Å². The molecule has 1 aromatic carbocycles. The highest BCUT2D eigenvalue weighted by atomic mass is 32.2. The van der Waals surface area contributed by atoms with Gasteiger partial charge in [-0.25, -0.2) is 0 Å². The molecule has 2 heterocycles. The molecule has 4 rings (SSSR count). The molecule has 3 atom stereocenters. The predicted octanol–water partition coefficient (Wildman–Crippen LogP) is 4.33. The number of fused-ring (bicyclic) bond motifs is 2. The fourth-order valence-corrected chi connectivity index (χ4v) is 5.97. The molecule has 1 aromatic heterocycles. The van der Waals surface area contributed by atoms with E-state index in [0.29, 0.717) is 18.6 Å². The van der Waals surface area contributed by atoms with Crippen molar-refractivity contribution in [2.75, 3.05) is 25.1 Å². The predicted molar refractivity (Wildman–Crippen MR) is 112 cm³/mol. The number of ether oxygens (including phenoxy) is 1. The third kappa shape index (κ3) is 3.52. The lowest BCUT2D eigenvalue weighted by Gasteiger charge is -2.47. The zero-order chi connectivity index (χ0) is 19.0. The zero-order valence-corrected chi connectivity index (χ0v) is 17.4. The molecular formula is C22H30N2O2S. The Morgan fingerprint density at radius 2 is 2.26 bits per heavy atom. The summed E-state index contributed by atoms with van der Waals surface area (Å²) in [6.45, 7) is 6.49. The van der Waals surface area contributed by atoms with E-state index in [1.807, 2.05) is 11.8 Å². The minimum Gasteiger partial charge on any atom is -0.459 e. The van der Waals surface area contributed by atoms with E-state index < -0.39 is 0 Å². The summed E-state index contributed by atoms with van der Waals surface area (Å²) in [5.74, 6) is 2.40. The van der Waals surface area contributed by atoms with Gasteiger partial charge in [0, 0.05) is 36.3 Å². The lowest BCUT2D eigenvalue weighted by atomic mass is 9.72. The van der Waals surface area contributed by atoms with Gasteiger partial charge in [0.25, 0.3) is 0 Å². The molecular weight excluding hydrogens is 356 g/mol. The van der Waals surface area contributed by atoms with Crippen LogP contribution in [0.15, 0.2) is 18.2 Å². The average molecular weight is 387 g/mol. The summed E-state index contributed by atoms with van der Waals surface area (Å²) < 4.78 is 5.34. The van der Waals surface area contributed by atoms with Crippen LogP contribution < -0.4 is 0 Å². The van der Waals surface area contributed by atoms with Gasteiger partial charge >= 0.3 is 5.97 Å². The quantitative estimate of drug-likeness (QED) is 0.751. The summed E-state index contributed by atoms with van der Waals surface area (Å²) in [5, 5.41) is 1.39. The van der Waals surface area contributed by atoms with Gasteiger partial charge in [0.2, 0.25) is 0 Å². The minimum absolute atomic E-state index is 0.222. The number of nitrogens with one attached hydrogen (secondary N) is 1. The van der Waals surface area contributed by atoms with E-state index in [4.69, 9.17) is 4.74 Å². The van der Waals surface area contributed by atoms with Crippen molar-refractivity contribution in [1.29, 1.82) is 0 Å². The van der Waals surface area contributed by atoms with Gasteiger partial charge in [-0.1, -0.05) is 19.1 Å². The maximum Gasteiger partial charge on any atom is 0.303 e. The summed E-state index contributed by atoms with van der Waals surface area (Å²) >= 11 is 1.98. The maximum atomic E-state index is 11.3. The number of likely N-dealkylation sites (tertiary alicyclic amines) is 1. The third-order valence-electron chi connectivity index (χ3n) is 6.21. The van der Waals surface area contributed by atoms with Crippen molar-refractivity contribution < 1.29 is 9.53 Å². The van der Waals surface area contributed by atoms with Crippen LogP contribution in [0.4, 0.5) is 0 Å². The number of piperidine rings is 1. The van der Waals surface area contributed by atoms with E-state index in [1.54, 1.807) is 0 Å². The lowest BCUT2D eigenvalue weighted by Crippen LogP contribution is -2.50. The number of thioether (sulfide) groups is 1. The molecule has 0 spiro atoms. The number of aromatic amines is 1. The Morgan fingerprint density at radius 3 is 3.00 bits per heavy atom. The summed E-state index contributed by atoms with van der Waals surface area (Å²) in [5.41, 5.74) is 5.13. The summed E-state index contributed by atoms with van der Waals surface area (Å²) in [6.07, 6.45) is 5.77. The first-order valence-corrected chi connectivity index (χ1v) is 11.5. The summed E-state index contributed by atoms with van der Waals surface area (Å²) in [4.78, 5) is 17.6. The number of hydrogen-bond donors (Lipinski definition) is 1. The molecule has 1 fully saturated rings. The van der Waals surface area contributed by atoms with Crippen molar-refractivity contribution in [2.45, 2.75) is 51.7 Å². The van der Waals surface area contributed by atoms with E-state index in [1.165, 1.54) is 60.6 Å². The molecule has 1 unspecified atom stereocenters. The Labute approximate surface area is 166 Å². The number of aromatic nitrogens is 1. The Hall–Kier alpha value is -1.46. The standard InChI is InChI=1S/C22H30N2O2S/c1-4-8-24-11-15(13-27-3)9-17-16-6-5-7-19-22(16)18(10-21(17)24)20(23-19)12-26-14(2)25/h5-7,15,17,21,23H,4,8-13H2,1-3H3/t15?,17-,21-/m1/s1. The highest BCUT2D eigenvalue weighted by Crippen LogP contribution is 2.46. The number of esters is 1. The molecule has 5 heteroatoms. The van der Waals surface area contributed by atoms with E-state index in [2.05, 4.69) is 41.3 Å². The molecule has 1 saturated heterocycles. The van der Waals surface area contributed by atoms with Crippen molar-refractivity contribution in [3.8, 4) is 0 Å². The number of benzene rings is 1. The summed E-state index contributed by atoms with van der Waals surface area (Å²) in [6, 6.07) is 7.23. The van der Waals surface area contributed by atoms with Crippen molar-refractivity contribution in [2.24, 2.45) is 5.92 Å². The van der Waals surface area contributed by atoms with Crippen LogP contribution in [0.3, 0.4) is 0 Å². The molecule has 1 aliphatic heterocycles. The Morgan fingerprint density at radius 1 is 1.41 bits per heavy atom. The van der Waals surface area contributed by atoms with Crippen LogP contribution in [0.25, 0.3) is 10.9 Å². The number of carbonyl (C=O) groups is 1. The molecule has 2 aliphatic rings. The Balaban J connectivity index is 1.75. The lowest BCUT2D eigenvalue weighted by molar-refractivity contribution is -0.142. The second kappa shape index (κ2) is 7.88. The van der Waals surface area contributed by atoms with Crippen molar-refractivity contribution in [1.82, 2.24) is 9.88 Å². The molecule has 4 nitrogen and oxygen atoms in total. The maximum absolute atomic E-state index is 11.3. The highest BCUT2D eigenvalue weighted by Gasteiger charge is 2.41. The molecule has 0 radical (unpaired) electrons.